The molecule has 2 heterocycles. The Labute approximate surface area is 123 Å². The Morgan fingerprint density at radius 1 is 1.52 bits per heavy atom. The lowest BCUT2D eigenvalue weighted by Crippen LogP contribution is -2.48. The molecule has 116 valence electrons. The normalized spacial score (nSPS) is 15.7. The number of urea groups is 1. The topological polar surface area (TPSA) is 99.5 Å². The fourth-order valence-corrected chi connectivity index (χ4v) is 2.37. The van der Waals surface area contributed by atoms with E-state index in [1.165, 1.54) is 12.5 Å². The number of aromatic nitrogens is 2. The number of carboxylic acids is 1. The van der Waals surface area contributed by atoms with Gasteiger partial charge in [0.25, 0.3) is 0 Å². The summed E-state index contributed by atoms with van der Waals surface area (Å²) in [6.45, 7) is 2.81. The summed E-state index contributed by atoms with van der Waals surface area (Å²) in [6, 6.07) is 0.179. The highest BCUT2D eigenvalue weighted by Gasteiger charge is 2.21. The first-order valence-corrected chi connectivity index (χ1v) is 7.04. The van der Waals surface area contributed by atoms with Gasteiger partial charge in [0.15, 0.2) is 5.69 Å². The van der Waals surface area contributed by atoms with Crippen LogP contribution < -0.4 is 10.6 Å². The minimum atomic E-state index is -1.05. The van der Waals surface area contributed by atoms with Gasteiger partial charge in [-0.25, -0.2) is 14.6 Å². The number of amides is 2. The summed E-state index contributed by atoms with van der Waals surface area (Å²) in [6.07, 6.45) is 4.83. The van der Waals surface area contributed by atoms with Gasteiger partial charge in [0, 0.05) is 32.4 Å². The van der Waals surface area contributed by atoms with Gasteiger partial charge >= 0.3 is 12.0 Å². The molecule has 0 unspecified atom stereocenters. The number of piperidine rings is 1. The van der Waals surface area contributed by atoms with E-state index >= 15 is 0 Å². The molecule has 1 saturated heterocycles. The quantitative estimate of drug-likeness (QED) is 0.708. The van der Waals surface area contributed by atoms with Crippen LogP contribution in [-0.2, 0) is 6.54 Å². The Morgan fingerprint density at radius 3 is 2.86 bits per heavy atom. The highest BCUT2D eigenvalue weighted by Crippen LogP contribution is 2.09. The molecular weight excluding hydrogens is 274 g/mol. The van der Waals surface area contributed by atoms with Gasteiger partial charge in [0.2, 0.25) is 0 Å². The standard InChI is InChI=1S/C13H21N5O3/c1-17(10-2-4-14-5-3-10)13(21)15-6-7-18-8-11(12(19)20)16-9-18/h8-10,14H,2-7H2,1H3,(H,15,21)(H,19,20). The second-order valence-electron chi connectivity index (χ2n) is 5.13. The molecule has 8 heteroatoms. The average Bonchev–Trinajstić information content (AvgIpc) is 2.96. The molecule has 2 rings (SSSR count). The fourth-order valence-electron chi connectivity index (χ4n) is 2.37. The molecule has 0 aliphatic carbocycles. The van der Waals surface area contributed by atoms with Gasteiger partial charge in [0.1, 0.15) is 0 Å². The van der Waals surface area contributed by atoms with Gasteiger partial charge < -0.3 is 25.2 Å². The Balaban J connectivity index is 1.74. The monoisotopic (exact) mass is 295 g/mol. The molecule has 21 heavy (non-hydrogen) atoms. The molecule has 1 aliphatic rings. The first kappa shape index (κ1) is 15.3. The van der Waals surface area contributed by atoms with E-state index in [0.29, 0.717) is 13.1 Å². The van der Waals surface area contributed by atoms with Crippen molar-refractivity contribution in [2.24, 2.45) is 0 Å². The Kier molecular flexibility index (Phi) is 5.15. The van der Waals surface area contributed by atoms with E-state index in [0.717, 1.165) is 25.9 Å². The highest BCUT2D eigenvalue weighted by atomic mass is 16.4. The molecule has 0 atom stereocenters. The van der Waals surface area contributed by atoms with E-state index < -0.39 is 5.97 Å². The van der Waals surface area contributed by atoms with E-state index in [1.54, 1.807) is 9.47 Å². The van der Waals surface area contributed by atoms with Crippen molar-refractivity contribution in [2.75, 3.05) is 26.7 Å². The van der Waals surface area contributed by atoms with Crippen LogP contribution in [0.2, 0.25) is 0 Å². The van der Waals surface area contributed by atoms with Crippen LogP contribution in [0, 0.1) is 0 Å². The number of carboxylic acid groups (broad SMARTS) is 1. The fraction of sp³-hybridized carbons (Fsp3) is 0.615. The minimum Gasteiger partial charge on any atom is -0.476 e. The molecule has 0 bridgehead atoms. The van der Waals surface area contributed by atoms with Crippen LogP contribution in [0.15, 0.2) is 12.5 Å². The summed E-state index contributed by atoms with van der Waals surface area (Å²) in [4.78, 5) is 28.2. The second-order valence-corrected chi connectivity index (χ2v) is 5.13. The molecule has 2 amide bonds. The average molecular weight is 295 g/mol. The molecule has 8 nitrogen and oxygen atoms in total. The van der Waals surface area contributed by atoms with Crippen LogP contribution in [0.4, 0.5) is 4.79 Å². The van der Waals surface area contributed by atoms with E-state index in [1.807, 2.05) is 7.05 Å². The van der Waals surface area contributed by atoms with E-state index in [-0.39, 0.29) is 17.8 Å². The van der Waals surface area contributed by atoms with Crippen molar-refractivity contribution in [1.82, 2.24) is 25.1 Å². The number of rotatable bonds is 5. The number of carbonyl (C=O) groups excluding carboxylic acids is 1. The number of nitrogens with zero attached hydrogens (tertiary/aromatic N) is 3. The van der Waals surface area contributed by atoms with Crippen LogP contribution in [0.25, 0.3) is 0 Å². The van der Waals surface area contributed by atoms with Crippen molar-refractivity contribution >= 4 is 12.0 Å². The van der Waals surface area contributed by atoms with Gasteiger partial charge in [-0.1, -0.05) is 0 Å². The third-order valence-electron chi connectivity index (χ3n) is 3.68. The summed E-state index contributed by atoms with van der Waals surface area (Å²) < 4.78 is 1.65. The minimum absolute atomic E-state index is 0.00755. The molecule has 1 aromatic heterocycles. The summed E-state index contributed by atoms with van der Waals surface area (Å²) >= 11 is 0. The van der Waals surface area contributed by atoms with Crippen molar-refractivity contribution in [1.29, 1.82) is 0 Å². The zero-order valence-electron chi connectivity index (χ0n) is 12.1. The lowest BCUT2D eigenvalue weighted by Gasteiger charge is -2.31. The van der Waals surface area contributed by atoms with E-state index in [2.05, 4.69) is 15.6 Å². The predicted octanol–water partition coefficient (Wildman–Crippen LogP) is -0.0253. The summed E-state index contributed by atoms with van der Waals surface area (Å²) in [5, 5.41) is 14.9. The lowest BCUT2D eigenvalue weighted by molar-refractivity contribution is 0.0691. The van der Waals surface area contributed by atoms with E-state index in [9.17, 15) is 9.59 Å². The molecule has 1 aromatic rings. The molecule has 1 fully saturated rings. The molecule has 0 spiro atoms. The maximum absolute atomic E-state index is 12.0. The summed E-state index contributed by atoms with van der Waals surface area (Å²) in [5.74, 6) is -1.05. The van der Waals surface area contributed by atoms with Gasteiger partial charge in [-0.2, -0.15) is 0 Å². The lowest BCUT2D eigenvalue weighted by atomic mass is 10.1. The number of aromatic carboxylic acids is 1. The number of carbonyl (C=O) groups is 2. The summed E-state index contributed by atoms with van der Waals surface area (Å²) in [7, 11) is 1.81. The zero-order valence-corrected chi connectivity index (χ0v) is 12.1. The van der Waals surface area contributed by atoms with Gasteiger partial charge in [-0.3, -0.25) is 0 Å². The van der Waals surface area contributed by atoms with Gasteiger partial charge in [-0.05, 0) is 25.9 Å². The smallest absolute Gasteiger partial charge is 0.356 e. The van der Waals surface area contributed by atoms with Crippen LogP contribution in [-0.4, -0.2) is 64.3 Å². The number of imidazole rings is 1. The largest absolute Gasteiger partial charge is 0.476 e. The molecule has 3 N–H and O–H groups in total. The van der Waals surface area contributed by atoms with Crippen molar-refractivity contribution in [2.45, 2.75) is 25.4 Å². The molecule has 0 aromatic carbocycles. The number of hydrogen-bond acceptors (Lipinski definition) is 4. The maximum Gasteiger partial charge on any atom is 0.356 e. The maximum atomic E-state index is 12.0. The number of hydrogen-bond donors (Lipinski definition) is 3. The molecule has 0 radical (unpaired) electrons. The molecule has 0 saturated carbocycles. The Hall–Kier alpha value is -2.09. The molecule has 1 aliphatic heterocycles. The second kappa shape index (κ2) is 7.07. The van der Waals surface area contributed by atoms with Crippen molar-refractivity contribution in [3.8, 4) is 0 Å². The molecular formula is C13H21N5O3. The predicted molar refractivity (Wildman–Crippen MR) is 76.2 cm³/mol. The first-order valence-electron chi connectivity index (χ1n) is 7.04. The van der Waals surface area contributed by atoms with Crippen LogP contribution in [0.5, 0.6) is 0 Å². The van der Waals surface area contributed by atoms with Crippen LogP contribution in [0.1, 0.15) is 23.3 Å². The Bertz CT molecular complexity index is 496. The van der Waals surface area contributed by atoms with Gasteiger partial charge in [0.05, 0.1) is 6.33 Å². The third-order valence-corrected chi connectivity index (χ3v) is 3.68. The first-order chi connectivity index (χ1) is 10.1. The summed E-state index contributed by atoms with van der Waals surface area (Å²) in [5.41, 5.74) is 0.00755. The van der Waals surface area contributed by atoms with E-state index in [4.69, 9.17) is 5.11 Å². The Morgan fingerprint density at radius 2 is 2.24 bits per heavy atom. The van der Waals surface area contributed by atoms with Crippen LogP contribution >= 0.6 is 0 Å². The zero-order chi connectivity index (χ0) is 15.2. The van der Waals surface area contributed by atoms with Gasteiger partial charge in [-0.15, -0.1) is 0 Å². The van der Waals surface area contributed by atoms with Crippen LogP contribution in [0.3, 0.4) is 0 Å². The third kappa shape index (κ3) is 4.19. The SMILES string of the molecule is CN(C(=O)NCCn1cnc(C(=O)O)c1)C1CCNCC1. The van der Waals surface area contributed by atoms with Crippen molar-refractivity contribution in [3.05, 3.63) is 18.2 Å². The highest BCUT2D eigenvalue weighted by molar-refractivity contribution is 5.84. The van der Waals surface area contributed by atoms with Crippen molar-refractivity contribution in [3.63, 3.8) is 0 Å². The number of nitrogens with one attached hydrogen (secondary N) is 2. The van der Waals surface area contributed by atoms with Crippen molar-refractivity contribution < 1.29 is 14.7 Å².